The molecule has 0 N–H and O–H groups in total. The van der Waals surface area contributed by atoms with E-state index in [1.54, 1.807) is 4.57 Å². The molecule has 0 radical (unpaired) electrons. The van der Waals surface area contributed by atoms with Gasteiger partial charge in [-0.3, -0.25) is 14.2 Å². The topological polar surface area (TPSA) is 52.0 Å². The number of hydrogen-bond donors (Lipinski definition) is 0. The fourth-order valence-corrected chi connectivity index (χ4v) is 5.01. The van der Waals surface area contributed by atoms with E-state index in [2.05, 4.69) is 19.9 Å². The Kier molecular flexibility index (Phi) is 5.36. The normalized spacial score (nSPS) is 17.4. The summed E-state index contributed by atoms with van der Waals surface area (Å²) in [7, 11) is 0. The molecule has 1 heterocycles. The third kappa shape index (κ3) is 3.51. The van der Waals surface area contributed by atoms with Crippen molar-refractivity contribution in [1.82, 2.24) is 9.55 Å². The molecule has 0 spiro atoms. The first-order valence-electron chi connectivity index (χ1n) is 9.86. The van der Waals surface area contributed by atoms with Crippen molar-refractivity contribution in [3.8, 4) is 5.69 Å². The van der Waals surface area contributed by atoms with E-state index in [0.29, 0.717) is 22.5 Å². The van der Waals surface area contributed by atoms with Crippen molar-refractivity contribution in [3.63, 3.8) is 0 Å². The van der Waals surface area contributed by atoms with Crippen molar-refractivity contribution in [1.29, 1.82) is 0 Å². The van der Waals surface area contributed by atoms with E-state index < -0.39 is 0 Å². The molecule has 0 saturated heterocycles. The number of nitrogens with zero attached hydrogens (tertiary/aromatic N) is 2. The Morgan fingerprint density at radius 1 is 1.04 bits per heavy atom. The van der Waals surface area contributed by atoms with Gasteiger partial charge in [-0.05, 0) is 42.5 Å². The van der Waals surface area contributed by atoms with Crippen LogP contribution < -0.4 is 5.56 Å². The highest BCUT2D eigenvalue weighted by molar-refractivity contribution is 8.00. The van der Waals surface area contributed by atoms with Gasteiger partial charge in [0, 0.05) is 6.42 Å². The first kappa shape index (κ1) is 18.9. The molecule has 1 aliphatic rings. The van der Waals surface area contributed by atoms with Crippen LogP contribution in [-0.2, 0) is 4.79 Å². The average molecular weight is 393 g/mol. The summed E-state index contributed by atoms with van der Waals surface area (Å²) in [6.45, 7) is 4.24. The Labute approximate surface area is 169 Å². The molecule has 1 fully saturated rings. The number of aromatic nitrogens is 2. The van der Waals surface area contributed by atoms with Gasteiger partial charge in [0.25, 0.3) is 5.56 Å². The number of hydrogen-bond acceptors (Lipinski definition) is 4. The molecule has 0 bridgehead atoms. The van der Waals surface area contributed by atoms with Crippen molar-refractivity contribution in [2.45, 2.75) is 55.9 Å². The third-order valence-electron chi connectivity index (χ3n) is 5.29. The predicted octanol–water partition coefficient (Wildman–Crippen LogP) is 5.11. The molecule has 5 heteroatoms. The maximum absolute atomic E-state index is 13.5. The zero-order valence-electron chi connectivity index (χ0n) is 16.2. The van der Waals surface area contributed by atoms with Gasteiger partial charge < -0.3 is 0 Å². The summed E-state index contributed by atoms with van der Waals surface area (Å²) in [4.78, 5) is 30.7. The summed E-state index contributed by atoms with van der Waals surface area (Å²) < 4.78 is 1.71. The fraction of sp³-hybridized carbons (Fsp3) is 0.348. The maximum Gasteiger partial charge on any atom is 0.266 e. The van der Waals surface area contributed by atoms with E-state index >= 15 is 0 Å². The summed E-state index contributed by atoms with van der Waals surface area (Å²) in [6, 6.07) is 15.4. The smallest absolute Gasteiger partial charge is 0.266 e. The number of Topliss-reactive ketones (excluding diaryl/α,β-unsaturated/α-hetero) is 1. The second kappa shape index (κ2) is 7.92. The van der Waals surface area contributed by atoms with Crippen molar-refractivity contribution < 1.29 is 4.79 Å². The lowest BCUT2D eigenvalue weighted by atomic mass is 9.99. The highest BCUT2D eigenvalue weighted by Gasteiger charge is 2.26. The van der Waals surface area contributed by atoms with Crippen LogP contribution in [0.1, 0.15) is 51.0 Å². The predicted molar refractivity (Wildman–Crippen MR) is 115 cm³/mol. The van der Waals surface area contributed by atoms with E-state index in [9.17, 15) is 9.59 Å². The molecule has 1 aliphatic carbocycles. The van der Waals surface area contributed by atoms with Gasteiger partial charge in [-0.15, -0.1) is 0 Å². The van der Waals surface area contributed by atoms with Crippen LogP contribution in [0, 0.1) is 0 Å². The van der Waals surface area contributed by atoms with Gasteiger partial charge in [0.1, 0.15) is 5.78 Å². The Morgan fingerprint density at radius 2 is 1.79 bits per heavy atom. The molecule has 0 unspecified atom stereocenters. The highest BCUT2D eigenvalue weighted by atomic mass is 32.2. The van der Waals surface area contributed by atoms with Gasteiger partial charge in [0.05, 0.1) is 21.8 Å². The van der Waals surface area contributed by atoms with Gasteiger partial charge in [-0.2, -0.15) is 0 Å². The van der Waals surface area contributed by atoms with Gasteiger partial charge in [-0.25, -0.2) is 4.98 Å². The van der Waals surface area contributed by atoms with Crippen LogP contribution in [0.4, 0.5) is 0 Å². The molecule has 0 aliphatic heterocycles. The van der Waals surface area contributed by atoms with Gasteiger partial charge >= 0.3 is 0 Å². The molecule has 0 amide bonds. The minimum absolute atomic E-state index is 0.0792. The van der Waals surface area contributed by atoms with E-state index in [0.717, 1.165) is 30.5 Å². The number of carbonyl (C=O) groups excluding carboxylic acids is 1. The van der Waals surface area contributed by atoms with Gasteiger partial charge in [0.2, 0.25) is 0 Å². The van der Waals surface area contributed by atoms with E-state index in [4.69, 9.17) is 4.98 Å². The molecular weight excluding hydrogens is 368 g/mol. The number of thioether (sulfide) groups is 1. The Morgan fingerprint density at radius 3 is 2.57 bits per heavy atom. The number of para-hydroxylation sites is 2. The van der Waals surface area contributed by atoms with Crippen LogP contribution >= 0.6 is 11.8 Å². The largest absolute Gasteiger partial charge is 0.298 e. The molecule has 28 heavy (non-hydrogen) atoms. The first-order chi connectivity index (χ1) is 13.6. The minimum atomic E-state index is -0.126. The first-order valence-corrected chi connectivity index (χ1v) is 10.7. The van der Waals surface area contributed by atoms with Crippen molar-refractivity contribution in [2.24, 2.45) is 0 Å². The molecule has 3 aromatic rings. The lowest BCUT2D eigenvalue weighted by Gasteiger charge is -2.22. The lowest BCUT2D eigenvalue weighted by Crippen LogP contribution is -2.26. The molecule has 1 saturated carbocycles. The summed E-state index contributed by atoms with van der Waals surface area (Å²) in [5.41, 5.74) is 2.55. The maximum atomic E-state index is 13.5. The molecular formula is C23H24N2O2S. The average Bonchev–Trinajstić information content (AvgIpc) is 2.70. The Bertz CT molecular complexity index is 1090. The van der Waals surface area contributed by atoms with Crippen molar-refractivity contribution >= 4 is 28.4 Å². The Hall–Kier alpha value is -2.40. The number of ketones is 1. The van der Waals surface area contributed by atoms with Gasteiger partial charge in [0.15, 0.2) is 5.16 Å². The van der Waals surface area contributed by atoms with Crippen molar-refractivity contribution in [3.05, 3.63) is 64.4 Å². The quantitative estimate of drug-likeness (QED) is 0.579. The van der Waals surface area contributed by atoms with Crippen LogP contribution in [0.3, 0.4) is 0 Å². The molecule has 4 rings (SSSR count). The van der Waals surface area contributed by atoms with Crippen LogP contribution in [0.2, 0.25) is 0 Å². The minimum Gasteiger partial charge on any atom is -0.298 e. The SMILES string of the molecule is CC(C)c1ccccc1-n1c(S[C@@H]2CCCCC2=O)nc2ccccc2c1=O. The molecule has 144 valence electrons. The van der Waals surface area contributed by atoms with E-state index in [1.165, 1.54) is 11.8 Å². The number of carbonyl (C=O) groups is 1. The summed E-state index contributed by atoms with van der Waals surface area (Å²) >= 11 is 1.45. The molecule has 2 aromatic carbocycles. The molecule has 4 nitrogen and oxygen atoms in total. The second-order valence-electron chi connectivity index (χ2n) is 7.58. The summed E-state index contributed by atoms with van der Waals surface area (Å²) in [5, 5.41) is 1.08. The van der Waals surface area contributed by atoms with E-state index in [-0.39, 0.29) is 22.5 Å². The third-order valence-corrected chi connectivity index (χ3v) is 6.56. The molecule has 1 atom stereocenters. The highest BCUT2D eigenvalue weighted by Crippen LogP contribution is 2.33. The van der Waals surface area contributed by atoms with E-state index in [1.807, 2.05) is 42.5 Å². The number of rotatable bonds is 4. The van der Waals surface area contributed by atoms with Crippen molar-refractivity contribution in [2.75, 3.05) is 0 Å². The number of fused-ring (bicyclic) bond motifs is 1. The standard InChI is InChI=1S/C23H24N2O2S/c1-15(2)16-9-4-6-12-19(16)25-22(27)17-10-3-5-11-18(17)24-23(25)28-21-14-8-7-13-20(21)26/h3-6,9-12,15,21H,7-8,13-14H2,1-2H3/t21-/m1/s1. The van der Waals surface area contributed by atoms with Crippen LogP contribution in [-0.4, -0.2) is 20.6 Å². The van der Waals surface area contributed by atoms with Crippen LogP contribution in [0.25, 0.3) is 16.6 Å². The summed E-state index contributed by atoms with van der Waals surface area (Å²) in [6.07, 6.45) is 3.48. The fourth-order valence-electron chi connectivity index (χ4n) is 3.79. The zero-order chi connectivity index (χ0) is 19.7. The van der Waals surface area contributed by atoms with Crippen LogP contribution in [0.15, 0.2) is 58.5 Å². The molecule has 1 aromatic heterocycles. The summed E-state index contributed by atoms with van der Waals surface area (Å²) in [5.74, 6) is 0.533. The Balaban J connectivity index is 1.94. The number of benzene rings is 2. The van der Waals surface area contributed by atoms with Gasteiger partial charge in [-0.1, -0.05) is 62.4 Å². The monoisotopic (exact) mass is 392 g/mol. The second-order valence-corrected chi connectivity index (χ2v) is 8.75. The lowest BCUT2D eigenvalue weighted by molar-refractivity contribution is -0.119. The van der Waals surface area contributed by atoms with Crippen LogP contribution in [0.5, 0.6) is 0 Å². The zero-order valence-corrected chi connectivity index (χ0v) is 17.0.